The van der Waals surface area contributed by atoms with Crippen LogP contribution in [0, 0.1) is 0 Å². The van der Waals surface area contributed by atoms with Crippen molar-refractivity contribution >= 4 is 11.6 Å². The van der Waals surface area contributed by atoms with Gasteiger partial charge in [0.25, 0.3) is 0 Å². The van der Waals surface area contributed by atoms with Crippen molar-refractivity contribution in [2.24, 2.45) is 0 Å². The number of hydrogen-bond acceptors (Lipinski definition) is 3. The maximum absolute atomic E-state index is 9.38. The van der Waals surface area contributed by atoms with Crippen molar-refractivity contribution < 1.29 is 10.2 Å². The Balaban J connectivity index is 1.95. The van der Waals surface area contributed by atoms with E-state index in [0.717, 1.165) is 17.1 Å². The highest BCUT2D eigenvalue weighted by Crippen LogP contribution is 2.15. The number of β-amino-alcohol motifs (C(OH)–C–C–N with tert-alkyl or cyclic N) is 2. The standard InChI is InChI=1S/C11H14ClNO2/c12-9-3-1-8(2-4-9)5-13-6-10(14)11(15)7-13/h1-4,10-11,14-15H,5-7H2. The summed E-state index contributed by atoms with van der Waals surface area (Å²) in [6.45, 7) is 1.80. The molecular formula is C11H14ClNO2. The Hall–Kier alpha value is -0.610. The van der Waals surface area contributed by atoms with Crippen LogP contribution in [0.5, 0.6) is 0 Å². The second-order valence-corrected chi connectivity index (χ2v) is 4.39. The van der Waals surface area contributed by atoms with E-state index in [1.165, 1.54) is 0 Å². The highest BCUT2D eigenvalue weighted by atomic mass is 35.5. The Kier molecular flexibility index (Phi) is 3.26. The normalized spacial score (nSPS) is 27.1. The highest BCUT2D eigenvalue weighted by molar-refractivity contribution is 6.30. The average Bonchev–Trinajstić information content (AvgIpc) is 2.50. The minimum Gasteiger partial charge on any atom is -0.389 e. The molecule has 0 spiro atoms. The summed E-state index contributed by atoms with van der Waals surface area (Å²) in [5, 5.41) is 19.5. The molecule has 1 aromatic carbocycles. The molecule has 3 nitrogen and oxygen atoms in total. The maximum atomic E-state index is 9.38. The minimum atomic E-state index is -0.614. The first-order valence-electron chi connectivity index (χ1n) is 4.98. The molecule has 0 aromatic heterocycles. The number of rotatable bonds is 2. The third-order valence-electron chi connectivity index (χ3n) is 2.65. The van der Waals surface area contributed by atoms with Gasteiger partial charge in [0, 0.05) is 24.7 Å². The first-order chi connectivity index (χ1) is 7.15. The van der Waals surface area contributed by atoms with Crippen molar-refractivity contribution in [1.82, 2.24) is 4.90 Å². The van der Waals surface area contributed by atoms with Gasteiger partial charge < -0.3 is 10.2 Å². The maximum Gasteiger partial charge on any atom is 0.0938 e. The minimum absolute atomic E-state index is 0.532. The van der Waals surface area contributed by atoms with E-state index in [9.17, 15) is 10.2 Å². The zero-order valence-electron chi connectivity index (χ0n) is 8.31. The van der Waals surface area contributed by atoms with E-state index < -0.39 is 12.2 Å². The summed E-state index contributed by atoms with van der Waals surface area (Å²) in [6.07, 6.45) is -1.23. The average molecular weight is 228 g/mol. The summed E-state index contributed by atoms with van der Waals surface area (Å²) < 4.78 is 0. The third kappa shape index (κ3) is 2.69. The molecule has 1 aliphatic rings. The van der Waals surface area contributed by atoms with E-state index in [4.69, 9.17) is 11.6 Å². The van der Waals surface area contributed by atoms with Gasteiger partial charge in [-0.05, 0) is 17.7 Å². The molecule has 1 aromatic rings. The molecule has 4 heteroatoms. The quantitative estimate of drug-likeness (QED) is 0.788. The summed E-state index contributed by atoms with van der Waals surface area (Å²) in [5.74, 6) is 0. The Bertz CT molecular complexity index is 318. The van der Waals surface area contributed by atoms with E-state index in [2.05, 4.69) is 0 Å². The van der Waals surface area contributed by atoms with Crippen molar-refractivity contribution in [3.63, 3.8) is 0 Å². The zero-order chi connectivity index (χ0) is 10.8. The number of benzene rings is 1. The van der Waals surface area contributed by atoms with Crippen LogP contribution in [0.1, 0.15) is 5.56 Å². The molecule has 0 bridgehead atoms. The van der Waals surface area contributed by atoms with E-state index >= 15 is 0 Å². The molecule has 2 N–H and O–H groups in total. The topological polar surface area (TPSA) is 43.7 Å². The number of hydrogen-bond donors (Lipinski definition) is 2. The lowest BCUT2D eigenvalue weighted by Crippen LogP contribution is -2.22. The Morgan fingerprint density at radius 3 is 2.20 bits per heavy atom. The Labute approximate surface area is 93.9 Å². The van der Waals surface area contributed by atoms with Crippen LogP contribution >= 0.6 is 11.6 Å². The van der Waals surface area contributed by atoms with Gasteiger partial charge in [-0.15, -0.1) is 0 Å². The molecule has 2 unspecified atom stereocenters. The predicted molar refractivity (Wildman–Crippen MR) is 58.7 cm³/mol. The van der Waals surface area contributed by atoms with Crippen molar-refractivity contribution in [3.8, 4) is 0 Å². The van der Waals surface area contributed by atoms with Gasteiger partial charge in [-0.25, -0.2) is 0 Å². The van der Waals surface area contributed by atoms with Crippen LogP contribution in [-0.4, -0.2) is 40.4 Å². The number of aliphatic hydroxyl groups excluding tert-OH is 2. The van der Waals surface area contributed by atoms with Gasteiger partial charge in [-0.3, -0.25) is 4.90 Å². The lowest BCUT2D eigenvalue weighted by atomic mass is 10.2. The zero-order valence-corrected chi connectivity index (χ0v) is 9.06. The lowest BCUT2D eigenvalue weighted by Gasteiger charge is -2.14. The van der Waals surface area contributed by atoms with Gasteiger partial charge in [-0.2, -0.15) is 0 Å². The molecule has 1 heterocycles. The van der Waals surface area contributed by atoms with Crippen molar-refractivity contribution in [2.45, 2.75) is 18.8 Å². The van der Waals surface area contributed by atoms with Crippen LogP contribution in [0.25, 0.3) is 0 Å². The summed E-state index contributed by atoms with van der Waals surface area (Å²) >= 11 is 5.78. The smallest absolute Gasteiger partial charge is 0.0938 e. The second kappa shape index (κ2) is 4.49. The predicted octanol–water partition coefficient (Wildman–Crippen LogP) is 0.877. The molecule has 0 radical (unpaired) electrons. The fourth-order valence-electron chi connectivity index (χ4n) is 1.82. The van der Waals surface area contributed by atoms with Crippen LogP contribution in [0.4, 0.5) is 0 Å². The summed E-state index contributed by atoms with van der Waals surface area (Å²) in [5.41, 5.74) is 1.14. The Morgan fingerprint density at radius 2 is 1.67 bits per heavy atom. The number of nitrogens with zero attached hydrogens (tertiary/aromatic N) is 1. The third-order valence-corrected chi connectivity index (χ3v) is 2.91. The van der Waals surface area contributed by atoms with E-state index in [-0.39, 0.29) is 0 Å². The fraction of sp³-hybridized carbons (Fsp3) is 0.455. The molecule has 15 heavy (non-hydrogen) atoms. The van der Waals surface area contributed by atoms with Crippen LogP contribution in [0.3, 0.4) is 0 Å². The van der Waals surface area contributed by atoms with Gasteiger partial charge in [-0.1, -0.05) is 23.7 Å². The van der Waals surface area contributed by atoms with E-state index in [1.54, 1.807) is 0 Å². The Morgan fingerprint density at radius 1 is 1.13 bits per heavy atom. The van der Waals surface area contributed by atoms with Gasteiger partial charge in [0.05, 0.1) is 12.2 Å². The lowest BCUT2D eigenvalue weighted by molar-refractivity contribution is 0.0572. The largest absolute Gasteiger partial charge is 0.389 e. The van der Waals surface area contributed by atoms with Crippen molar-refractivity contribution in [1.29, 1.82) is 0 Å². The molecule has 82 valence electrons. The molecule has 0 saturated carbocycles. The summed E-state index contributed by atoms with van der Waals surface area (Å²) in [7, 11) is 0. The first-order valence-corrected chi connectivity index (χ1v) is 5.36. The van der Waals surface area contributed by atoms with Crippen LogP contribution in [0.15, 0.2) is 24.3 Å². The number of halogens is 1. The second-order valence-electron chi connectivity index (χ2n) is 3.96. The summed E-state index contributed by atoms with van der Waals surface area (Å²) in [6, 6.07) is 7.61. The van der Waals surface area contributed by atoms with Crippen LogP contribution < -0.4 is 0 Å². The van der Waals surface area contributed by atoms with Crippen molar-refractivity contribution in [3.05, 3.63) is 34.9 Å². The van der Waals surface area contributed by atoms with Gasteiger partial charge in [0.1, 0.15) is 0 Å². The molecule has 2 atom stereocenters. The van der Waals surface area contributed by atoms with Crippen LogP contribution in [0.2, 0.25) is 5.02 Å². The van der Waals surface area contributed by atoms with Gasteiger partial charge in [0.2, 0.25) is 0 Å². The monoisotopic (exact) mass is 227 g/mol. The molecule has 1 fully saturated rings. The number of likely N-dealkylation sites (tertiary alicyclic amines) is 1. The molecule has 1 saturated heterocycles. The molecule has 0 aliphatic carbocycles. The molecule has 0 amide bonds. The van der Waals surface area contributed by atoms with Gasteiger partial charge in [0.15, 0.2) is 0 Å². The van der Waals surface area contributed by atoms with Crippen molar-refractivity contribution in [2.75, 3.05) is 13.1 Å². The number of aliphatic hydroxyl groups is 2. The fourth-order valence-corrected chi connectivity index (χ4v) is 1.95. The van der Waals surface area contributed by atoms with E-state index in [0.29, 0.717) is 13.1 Å². The first kappa shape index (κ1) is 10.9. The van der Waals surface area contributed by atoms with E-state index in [1.807, 2.05) is 29.2 Å². The molecule has 2 rings (SSSR count). The highest BCUT2D eigenvalue weighted by Gasteiger charge is 2.29. The molecule has 1 aliphatic heterocycles. The summed E-state index contributed by atoms with van der Waals surface area (Å²) in [4.78, 5) is 2.03. The van der Waals surface area contributed by atoms with Gasteiger partial charge >= 0.3 is 0 Å². The SMILES string of the molecule is OC1CN(Cc2ccc(Cl)cc2)CC1O. The van der Waals surface area contributed by atoms with Crippen LogP contribution in [-0.2, 0) is 6.54 Å². The molecular weight excluding hydrogens is 214 g/mol.